The average molecular weight is 1510 g/mol. The largest absolute Gasteiger partial charge is 0.872 e. The van der Waals surface area contributed by atoms with Crippen LogP contribution in [0.1, 0.15) is 89.0 Å². The van der Waals surface area contributed by atoms with Gasteiger partial charge in [0.2, 0.25) is 0 Å². The molecule has 522 valence electrons. The van der Waals surface area contributed by atoms with Gasteiger partial charge in [0.1, 0.15) is 44.9 Å². The van der Waals surface area contributed by atoms with Gasteiger partial charge in [-0.05, 0) is 190 Å². The Hall–Kier alpha value is -8.56. The molecular formula is C58H42O32S8-8. The van der Waals surface area contributed by atoms with Crippen LogP contribution in [0.5, 0.6) is 46.0 Å². The Morgan fingerprint density at radius 2 is 0.357 bits per heavy atom. The highest BCUT2D eigenvalue weighted by Crippen LogP contribution is 2.43. The third-order valence-electron chi connectivity index (χ3n) is 15.7. The molecule has 8 aromatic rings. The van der Waals surface area contributed by atoms with Crippen LogP contribution < -0.4 is 40.1 Å². The van der Waals surface area contributed by atoms with Crippen LogP contribution in [-0.2, 0) is 132 Å². The average Bonchev–Trinajstić information content (AvgIpc) is 0.770. The van der Waals surface area contributed by atoms with Crippen molar-refractivity contribution in [1.29, 1.82) is 0 Å². The summed E-state index contributed by atoms with van der Waals surface area (Å²) in [7, 11) is -43.6. The van der Waals surface area contributed by atoms with Gasteiger partial charge >= 0.3 is 0 Å². The fourth-order valence-corrected chi connectivity index (χ4v) is 16.0. The van der Waals surface area contributed by atoms with E-state index in [0.717, 1.165) is 0 Å². The Kier molecular flexibility index (Phi) is 18.6. The Balaban J connectivity index is 1.19. The third kappa shape index (κ3) is 15.3. The fraction of sp³-hybridized carbons (Fsp3) is 0.172. The number of hydrogen-bond donors (Lipinski definition) is 6. The van der Waals surface area contributed by atoms with E-state index in [4.69, 9.17) is 9.47 Å². The summed E-state index contributed by atoms with van der Waals surface area (Å²) in [6.07, 6.45) is -8.55. The van der Waals surface area contributed by atoms with Gasteiger partial charge in [0.15, 0.2) is 0 Å². The van der Waals surface area contributed by atoms with Gasteiger partial charge in [0.25, 0.3) is 60.7 Å². The predicted octanol–water partition coefficient (Wildman–Crippen LogP) is 0.228. The first-order chi connectivity index (χ1) is 45.0. The Morgan fingerprint density at radius 3 is 0.490 bits per heavy atom. The smallest absolute Gasteiger partial charge is 0.294 e. The summed E-state index contributed by atoms with van der Waals surface area (Å²) in [5, 5.41) is 86.7. The van der Waals surface area contributed by atoms with Gasteiger partial charge in [-0.3, -0.25) is 27.3 Å². The van der Waals surface area contributed by atoms with Gasteiger partial charge in [-0.2, -0.15) is 50.5 Å². The summed E-state index contributed by atoms with van der Waals surface area (Å²) in [5.41, 5.74) is -11.2. The minimum atomic E-state index is -5.54. The Labute approximate surface area is 556 Å². The van der Waals surface area contributed by atoms with Crippen molar-refractivity contribution in [2.75, 3.05) is 13.2 Å². The molecule has 0 aromatic heterocycles. The highest BCUT2D eigenvalue weighted by atomic mass is 32.2. The molecule has 0 atom stereocenters. The molecule has 10 rings (SSSR count). The van der Waals surface area contributed by atoms with Crippen LogP contribution in [0.3, 0.4) is 0 Å². The van der Waals surface area contributed by atoms with Crippen molar-refractivity contribution >= 4 is 80.9 Å². The lowest BCUT2D eigenvalue weighted by atomic mass is 9.91. The van der Waals surface area contributed by atoms with Gasteiger partial charge in [0, 0.05) is 47.9 Å². The molecule has 2 aliphatic carbocycles. The SMILES string of the molecule is O=S(=O)([O-])c1cc2c([O-])c(c1)Cc1cc(S(=O)(=O)O)cc(c1[O-])Cc1cc(S(=O)(=O)O)cc(c1OCCOc1c3cc(S(=O)(=O)O)cc1Cc1cc(S(=O)(=O)O)cc(c1[O-])Cc1cc(S(=O)(=O)[O-])cc(c1[O-])Cc1cc(S(=O)(=O)O)cc(c1[O-])C3)Cc1cc(S(=O)(=O)O)cc(c1[O-])C2. The molecular weight excluding hydrogens is 1470 g/mol. The van der Waals surface area contributed by atoms with Gasteiger partial charge < -0.3 is 49.2 Å². The first-order valence-electron chi connectivity index (χ1n) is 27.3. The molecule has 0 radical (unpaired) electrons. The van der Waals surface area contributed by atoms with Crippen LogP contribution in [0, 0.1) is 0 Å². The Morgan fingerprint density at radius 1 is 0.235 bits per heavy atom. The second-order valence-electron chi connectivity index (χ2n) is 22.4. The van der Waals surface area contributed by atoms with E-state index in [-0.39, 0.29) is 0 Å². The van der Waals surface area contributed by atoms with Gasteiger partial charge in [0.05, 0.1) is 39.2 Å². The molecule has 0 unspecified atom stereocenters. The van der Waals surface area contributed by atoms with E-state index in [1.54, 1.807) is 0 Å². The zero-order valence-electron chi connectivity index (χ0n) is 48.9. The predicted molar refractivity (Wildman–Crippen MR) is 316 cm³/mol. The molecule has 0 saturated heterocycles. The van der Waals surface area contributed by atoms with E-state index < -0.39 is 320 Å². The minimum absolute atomic E-state index is 0.507. The molecule has 2 aliphatic rings. The van der Waals surface area contributed by atoms with Gasteiger partial charge in [-0.25, -0.2) is 16.8 Å². The molecule has 0 amide bonds. The molecule has 16 bridgehead atoms. The van der Waals surface area contributed by atoms with Crippen molar-refractivity contribution < 1.29 is 144 Å². The maximum atomic E-state index is 14.6. The highest BCUT2D eigenvalue weighted by Gasteiger charge is 2.28. The van der Waals surface area contributed by atoms with Crippen LogP contribution in [-0.4, -0.2) is 117 Å². The van der Waals surface area contributed by atoms with E-state index in [2.05, 4.69) is 0 Å². The standard InChI is InChI=1S/C58H50O32S8/c59-51-27-3-31-15-45(93(71,72)73)19-35(53(31)61)7-39-23-49(97(83,84)85)24-40(8-36-20-46(94(74,75)76)16-32(54(36)62)4-28(51)12-43(11-27)91(65,66)67)57(39)89-1-2-90-58-41-9-37-21-47(95(77,78)79)17-33(55(37)63)5-29-13-44(92(68,69)70)14-30(52(29)60)6-34-18-48(96(80,81)82)22-38(56(34)64)10-42(58)26-50(25-41)98(86,87)88/h11-26,59-64H,1-10H2,(H,65,66,67)(H,68,69,70)(H,71,72,73)(H,74,75,76)(H,77,78,79)(H,80,81,82)(H,83,84,85)(H,86,87,88)/p-8. The highest BCUT2D eigenvalue weighted by molar-refractivity contribution is 7.87. The Bertz CT molecular complexity index is 5130. The molecule has 0 fully saturated rings. The zero-order chi connectivity index (χ0) is 72.3. The summed E-state index contributed by atoms with van der Waals surface area (Å²) in [4.78, 5) is -8.79. The summed E-state index contributed by atoms with van der Waals surface area (Å²) >= 11 is 0. The lowest BCUT2D eigenvalue weighted by molar-refractivity contribution is -0.273. The van der Waals surface area contributed by atoms with Crippen molar-refractivity contribution in [1.82, 2.24) is 0 Å². The zero-order valence-corrected chi connectivity index (χ0v) is 55.4. The summed E-state index contributed by atoms with van der Waals surface area (Å²) in [6, 6.07) is 8.97. The van der Waals surface area contributed by atoms with E-state index in [9.17, 15) is 134 Å². The maximum Gasteiger partial charge on any atom is 0.294 e. The van der Waals surface area contributed by atoms with Crippen LogP contribution in [0.2, 0.25) is 0 Å². The van der Waals surface area contributed by atoms with Crippen molar-refractivity contribution in [3.63, 3.8) is 0 Å². The molecule has 40 heteroatoms. The molecule has 8 aromatic carbocycles. The van der Waals surface area contributed by atoms with E-state index in [1.165, 1.54) is 0 Å². The molecule has 0 heterocycles. The number of benzene rings is 8. The maximum absolute atomic E-state index is 14.6. The fourth-order valence-electron chi connectivity index (χ4n) is 11.4. The first-order valence-corrected chi connectivity index (χ1v) is 38.8. The topological polar surface area (TPSA) is 597 Å². The van der Waals surface area contributed by atoms with E-state index >= 15 is 0 Å². The number of fused-ring (bicyclic) bond motifs is 16. The summed E-state index contributed by atoms with van der Waals surface area (Å²) < 4.78 is 306. The van der Waals surface area contributed by atoms with Crippen molar-refractivity contribution in [2.24, 2.45) is 0 Å². The monoisotopic (exact) mass is 1510 g/mol. The van der Waals surface area contributed by atoms with Crippen LogP contribution in [0.15, 0.2) is 136 Å². The number of ether oxygens (including phenoxy) is 2. The summed E-state index contributed by atoms with van der Waals surface area (Å²) in [5.74, 6) is -8.58. The van der Waals surface area contributed by atoms with Crippen LogP contribution in [0.25, 0.3) is 0 Å². The van der Waals surface area contributed by atoms with Crippen LogP contribution in [0.4, 0.5) is 0 Å². The van der Waals surface area contributed by atoms with Crippen LogP contribution >= 0.6 is 0 Å². The first kappa shape index (κ1) is 72.2. The van der Waals surface area contributed by atoms with Crippen molar-refractivity contribution in [3.05, 3.63) is 186 Å². The molecule has 98 heavy (non-hydrogen) atoms. The second-order valence-corrected chi connectivity index (χ2v) is 33.7. The van der Waals surface area contributed by atoms with Gasteiger partial charge in [-0.1, -0.05) is 0 Å². The number of hydrogen-bond acceptors (Lipinski definition) is 26. The van der Waals surface area contributed by atoms with Gasteiger partial charge in [-0.15, -0.1) is 34.5 Å². The molecule has 0 aliphatic heterocycles. The molecule has 0 saturated carbocycles. The lowest BCUT2D eigenvalue weighted by Gasteiger charge is -2.28. The van der Waals surface area contributed by atoms with Crippen molar-refractivity contribution in [2.45, 2.75) is 90.5 Å². The quantitative estimate of drug-likeness (QED) is 0.0664. The van der Waals surface area contributed by atoms with E-state index in [0.29, 0.717) is 97.1 Å². The van der Waals surface area contributed by atoms with Crippen molar-refractivity contribution in [3.8, 4) is 46.0 Å². The molecule has 6 N–H and O–H groups in total. The summed E-state index contributed by atoms with van der Waals surface area (Å²) in [6.45, 7) is -1.95. The minimum Gasteiger partial charge on any atom is -0.872 e. The van der Waals surface area contributed by atoms with E-state index in [1.807, 2.05) is 0 Å². The lowest BCUT2D eigenvalue weighted by Crippen LogP contribution is -2.17. The second kappa shape index (κ2) is 25.3. The molecule has 32 nitrogen and oxygen atoms in total. The number of rotatable bonds is 13. The normalized spacial score (nSPS) is 14.2. The third-order valence-corrected chi connectivity index (χ3v) is 22.3. The molecule has 0 spiro atoms.